The first kappa shape index (κ1) is 18.3. The van der Waals surface area contributed by atoms with Crippen LogP contribution >= 0.6 is 0 Å². The standard InChI is InChI=1S/C18H18N4O5/c1-18(2,3)10-21-13-7-14(20-5-4-11(8-20)9-23)15(22(26)27)6-12(13)19-16(24)17(21)25/h4-9H,10H2,1-3H3,(H,19,24). The molecule has 1 aromatic carbocycles. The minimum atomic E-state index is -0.835. The molecule has 140 valence electrons. The number of nitrogens with zero attached hydrogens (tertiary/aromatic N) is 3. The van der Waals surface area contributed by atoms with Crippen LogP contribution in [-0.4, -0.2) is 25.3 Å². The van der Waals surface area contributed by atoms with Crippen LogP contribution in [0.1, 0.15) is 31.1 Å². The highest BCUT2D eigenvalue weighted by Crippen LogP contribution is 2.28. The number of benzene rings is 1. The van der Waals surface area contributed by atoms with Gasteiger partial charge in [0.2, 0.25) is 0 Å². The molecule has 9 nitrogen and oxygen atoms in total. The van der Waals surface area contributed by atoms with E-state index in [1.54, 1.807) is 0 Å². The van der Waals surface area contributed by atoms with Crippen molar-refractivity contribution in [2.45, 2.75) is 27.3 Å². The van der Waals surface area contributed by atoms with E-state index in [2.05, 4.69) is 4.98 Å². The summed E-state index contributed by atoms with van der Waals surface area (Å²) in [5.74, 6) is 0. The zero-order valence-corrected chi connectivity index (χ0v) is 15.1. The van der Waals surface area contributed by atoms with Crippen LogP contribution in [0, 0.1) is 15.5 Å². The summed E-state index contributed by atoms with van der Waals surface area (Å²) in [6.07, 6.45) is 3.62. The van der Waals surface area contributed by atoms with Crippen molar-refractivity contribution in [3.05, 3.63) is 67.0 Å². The van der Waals surface area contributed by atoms with E-state index in [0.29, 0.717) is 17.4 Å². The Kier molecular flexibility index (Phi) is 4.30. The Labute approximate surface area is 153 Å². The highest BCUT2D eigenvalue weighted by molar-refractivity contribution is 5.82. The van der Waals surface area contributed by atoms with Crippen molar-refractivity contribution in [2.75, 3.05) is 0 Å². The Hall–Kier alpha value is -3.49. The molecule has 3 rings (SSSR count). The number of nitrogens with one attached hydrogen (secondary N) is 1. The molecule has 0 aliphatic carbocycles. The van der Waals surface area contributed by atoms with Crippen LogP contribution in [0.15, 0.2) is 40.2 Å². The van der Waals surface area contributed by atoms with E-state index >= 15 is 0 Å². The first-order valence-electron chi connectivity index (χ1n) is 8.19. The molecule has 1 N–H and O–H groups in total. The topological polar surface area (TPSA) is 120 Å². The number of carbonyl (C=O) groups excluding carboxylic acids is 1. The second-order valence-corrected chi connectivity index (χ2v) is 7.49. The maximum absolute atomic E-state index is 12.4. The minimum absolute atomic E-state index is 0.190. The number of hydrogen-bond donors (Lipinski definition) is 1. The molecule has 27 heavy (non-hydrogen) atoms. The molecule has 0 aliphatic rings. The van der Waals surface area contributed by atoms with Gasteiger partial charge in [0.1, 0.15) is 5.69 Å². The highest BCUT2D eigenvalue weighted by atomic mass is 16.6. The van der Waals surface area contributed by atoms with Crippen molar-refractivity contribution >= 4 is 23.0 Å². The monoisotopic (exact) mass is 370 g/mol. The van der Waals surface area contributed by atoms with Gasteiger partial charge < -0.3 is 14.1 Å². The average Bonchev–Trinajstić information content (AvgIpc) is 3.06. The summed E-state index contributed by atoms with van der Waals surface area (Å²) in [6.45, 7) is 6.01. The third-order valence-electron chi connectivity index (χ3n) is 4.03. The molecular weight excluding hydrogens is 352 g/mol. The predicted molar refractivity (Wildman–Crippen MR) is 99.7 cm³/mol. The summed E-state index contributed by atoms with van der Waals surface area (Å²) in [5, 5.41) is 11.5. The fourth-order valence-corrected chi connectivity index (χ4v) is 2.91. The SMILES string of the molecule is CC(C)(C)Cn1c(=O)c(=O)[nH]c2cc([N+](=O)[O-])c(-n3ccc(C=O)c3)cc21. The van der Waals surface area contributed by atoms with Gasteiger partial charge >= 0.3 is 11.1 Å². The summed E-state index contributed by atoms with van der Waals surface area (Å²) in [6, 6.07) is 4.23. The number of aromatic nitrogens is 3. The Morgan fingerprint density at radius 2 is 1.96 bits per heavy atom. The zero-order chi connectivity index (χ0) is 19.9. The second kappa shape index (κ2) is 6.35. The predicted octanol–water partition coefficient (Wildman–Crippen LogP) is 2.25. The number of nitro benzene ring substituents is 1. The molecule has 2 aromatic heterocycles. The molecule has 0 bridgehead atoms. The molecule has 0 saturated heterocycles. The number of aromatic amines is 1. The molecule has 9 heteroatoms. The number of nitro groups is 1. The normalized spacial score (nSPS) is 11.7. The van der Waals surface area contributed by atoms with Gasteiger partial charge in [0.05, 0.1) is 16.0 Å². The molecule has 0 unspecified atom stereocenters. The van der Waals surface area contributed by atoms with Gasteiger partial charge in [-0.2, -0.15) is 0 Å². The molecule has 0 spiro atoms. The summed E-state index contributed by atoms with van der Waals surface area (Å²) in [7, 11) is 0. The first-order chi connectivity index (χ1) is 12.6. The van der Waals surface area contributed by atoms with Gasteiger partial charge in [0.15, 0.2) is 6.29 Å². The van der Waals surface area contributed by atoms with E-state index in [1.165, 1.54) is 39.7 Å². The molecule has 3 aromatic rings. The number of aldehydes is 1. The van der Waals surface area contributed by atoms with Crippen LogP contribution < -0.4 is 11.1 Å². The van der Waals surface area contributed by atoms with Gasteiger partial charge in [-0.25, -0.2) is 0 Å². The number of fused-ring (bicyclic) bond motifs is 1. The summed E-state index contributed by atoms with van der Waals surface area (Å²) >= 11 is 0. The molecule has 0 aliphatic heterocycles. The van der Waals surface area contributed by atoms with Crippen molar-refractivity contribution in [1.29, 1.82) is 0 Å². The van der Waals surface area contributed by atoms with E-state index in [9.17, 15) is 24.5 Å². The number of hydrogen-bond acceptors (Lipinski definition) is 5. The zero-order valence-electron chi connectivity index (χ0n) is 15.1. The Bertz CT molecular complexity index is 1180. The van der Waals surface area contributed by atoms with E-state index < -0.39 is 16.0 Å². The second-order valence-electron chi connectivity index (χ2n) is 7.49. The van der Waals surface area contributed by atoms with E-state index in [-0.39, 0.29) is 28.9 Å². The molecule has 0 amide bonds. The molecular formula is C18H18N4O5. The number of H-pyrrole nitrogens is 1. The fourth-order valence-electron chi connectivity index (χ4n) is 2.91. The fraction of sp³-hybridized carbons (Fsp3) is 0.278. The Morgan fingerprint density at radius 3 is 2.52 bits per heavy atom. The number of carbonyl (C=O) groups is 1. The van der Waals surface area contributed by atoms with Gasteiger partial charge in [-0.1, -0.05) is 20.8 Å². The molecule has 0 fully saturated rings. The maximum atomic E-state index is 12.4. The maximum Gasteiger partial charge on any atom is 0.316 e. The molecule has 0 saturated carbocycles. The van der Waals surface area contributed by atoms with Crippen molar-refractivity contribution < 1.29 is 9.72 Å². The van der Waals surface area contributed by atoms with Crippen LogP contribution in [0.5, 0.6) is 0 Å². The smallest absolute Gasteiger partial charge is 0.316 e. The van der Waals surface area contributed by atoms with Crippen LogP contribution in [0.2, 0.25) is 0 Å². The van der Waals surface area contributed by atoms with Crippen molar-refractivity contribution in [2.24, 2.45) is 5.41 Å². The Morgan fingerprint density at radius 1 is 1.26 bits per heavy atom. The molecule has 0 radical (unpaired) electrons. The van der Waals surface area contributed by atoms with Crippen molar-refractivity contribution in [3.8, 4) is 5.69 Å². The van der Waals surface area contributed by atoms with Crippen LogP contribution in [0.25, 0.3) is 16.7 Å². The quantitative estimate of drug-likeness (QED) is 0.327. The molecule has 2 heterocycles. The minimum Gasteiger partial charge on any atom is -0.317 e. The average molecular weight is 370 g/mol. The van der Waals surface area contributed by atoms with Crippen molar-refractivity contribution in [3.63, 3.8) is 0 Å². The van der Waals surface area contributed by atoms with Gasteiger partial charge in [0.25, 0.3) is 5.69 Å². The van der Waals surface area contributed by atoms with Gasteiger partial charge in [-0.05, 0) is 17.5 Å². The van der Waals surface area contributed by atoms with E-state index in [1.807, 2.05) is 20.8 Å². The van der Waals surface area contributed by atoms with E-state index in [4.69, 9.17) is 0 Å². The lowest BCUT2D eigenvalue weighted by Crippen LogP contribution is -2.38. The highest BCUT2D eigenvalue weighted by Gasteiger charge is 2.22. The van der Waals surface area contributed by atoms with E-state index in [0.717, 1.165) is 0 Å². The lowest BCUT2D eigenvalue weighted by Gasteiger charge is -2.21. The van der Waals surface area contributed by atoms with Gasteiger partial charge in [0, 0.05) is 30.6 Å². The van der Waals surface area contributed by atoms with Gasteiger partial charge in [-0.15, -0.1) is 0 Å². The van der Waals surface area contributed by atoms with Crippen LogP contribution in [0.3, 0.4) is 0 Å². The van der Waals surface area contributed by atoms with Gasteiger partial charge in [-0.3, -0.25) is 24.5 Å². The lowest BCUT2D eigenvalue weighted by molar-refractivity contribution is -0.384. The third kappa shape index (κ3) is 3.43. The first-order valence-corrected chi connectivity index (χ1v) is 8.19. The Balaban J connectivity index is 2.40. The van der Waals surface area contributed by atoms with Crippen LogP contribution in [0.4, 0.5) is 5.69 Å². The third-order valence-corrected chi connectivity index (χ3v) is 4.03. The number of rotatable bonds is 4. The van der Waals surface area contributed by atoms with Crippen molar-refractivity contribution in [1.82, 2.24) is 14.1 Å². The summed E-state index contributed by atoms with van der Waals surface area (Å²) in [4.78, 5) is 48.7. The van der Waals surface area contributed by atoms with Crippen LogP contribution in [-0.2, 0) is 6.54 Å². The largest absolute Gasteiger partial charge is 0.317 e. The summed E-state index contributed by atoms with van der Waals surface area (Å²) < 4.78 is 2.77. The molecule has 0 atom stereocenters. The summed E-state index contributed by atoms with van der Waals surface area (Å²) in [5.41, 5.74) is -1.00. The lowest BCUT2D eigenvalue weighted by atomic mass is 9.96.